The number of ether oxygens (including phenoxy) is 1. The van der Waals surface area contributed by atoms with Gasteiger partial charge in [-0.2, -0.15) is 0 Å². The van der Waals surface area contributed by atoms with E-state index in [0.717, 1.165) is 41.0 Å². The SMILES string of the molecule is CCN(C[C@H]1CCOC1)C(=O)c1c[nH]cc1-c1ccc(Cl)s1. The van der Waals surface area contributed by atoms with E-state index in [9.17, 15) is 4.79 Å². The van der Waals surface area contributed by atoms with Gasteiger partial charge in [-0.25, -0.2) is 0 Å². The maximum atomic E-state index is 12.9. The molecular formula is C16H19ClN2O2S. The van der Waals surface area contributed by atoms with Crippen molar-refractivity contribution in [2.75, 3.05) is 26.3 Å². The van der Waals surface area contributed by atoms with E-state index < -0.39 is 0 Å². The summed E-state index contributed by atoms with van der Waals surface area (Å²) in [5.74, 6) is 0.512. The zero-order valence-corrected chi connectivity index (χ0v) is 14.0. The lowest BCUT2D eigenvalue weighted by Crippen LogP contribution is -2.35. The molecule has 1 N–H and O–H groups in total. The van der Waals surface area contributed by atoms with Crippen LogP contribution in [0.1, 0.15) is 23.7 Å². The van der Waals surface area contributed by atoms with Crippen LogP contribution in [0.3, 0.4) is 0 Å². The van der Waals surface area contributed by atoms with Crippen molar-refractivity contribution < 1.29 is 9.53 Å². The Kier molecular flexibility index (Phi) is 4.86. The van der Waals surface area contributed by atoms with Crippen LogP contribution < -0.4 is 0 Å². The van der Waals surface area contributed by atoms with Crippen molar-refractivity contribution in [3.05, 3.63) is 34.4 Å². The molecule has 2 aromatic heterocycles. The highest BCUT2D eigenvalue weighted by Gasteiger charge is 2.24. The fourth-order valence-corrected chi connectivity index (χ4v) is 3.84. The van der Waals surface area contributed by atoms with Gasteiger partial charge in [-0.15, -0.1) is 11.3 Å². The van der Waals surface area contributed by atoms with Crippen molar-refractivity contribution in [1.82, 2.24) is 9.88 Å². The number of nitrogens with one attached hydrogen (secondary N) is 1. The molecule has 6 heteroatoms. The molecule has 3 heterocycles. The number of hydrogen-bond donors (Lipinski definition) is 1. The number of aromatic amines is 1. The van der Waals surface area contributed by atoms with Crippen molar-refractivity contribution >= 4 is 28.8 Å². The minimum Gasteiger partial charge on any atom is -0.381 e. The number of aromatic nitrogens is 1. The van der Waals surface area contributed by atoms with Crippen molar-refractivity contribution in [2.24, 2.45) is 5.92 Å². The molecule has 1 atom stereocenters. The van der Waals surface area contributed by atoms with Crippen LogP contribution in [0.4, 0.5) is 0 Å². The number of H-pyrrole nitrogens is 1. The molecule has 118 valence electrons. The summed E-state index contributed by atoms with van der Waals surface area (Å²) in [5, 5.41) is 0. The number of hydrogen-bond acceptors (Lipinski definition) is 3. The summed E-state index contributed by atoms with van der Waals surface area (Å²) >= 11 is 7.50. The smallest absolute Gasteiger partial charge is 0.256 e. The normalized spacial score (nSPS) is 17.8. The van der Waals surface area contributed by atoms with Crippen molar-refractivity contribution in [1.29, 1.82) is 0 Å². The number of nitrogens with zero attached hydrogens (tertiary/aromatic N) is 1. The average molecular weight is 339 g/mol. The number of carbonyl (C=O) groups is 1. The van der Waals surface area contributed by atoms with E-state index in [4.69, 9.17) is 16.3 Å². The molecule has 1 aliphatic heterocycles. The third-order valence-electron chi connectivity index (χ3n) is 3.99. The predicted octanol–water partition coefficient (Wildman–Crippen LogP) is 3.90. The van der Waals surface area contributed by atoms with Crippen molar-refractivity contribution in [3.8, 4) is 10.4 Å². The van der Waals surface area contributed by atoms with Gasteiger partial charge in [-0.1, -0.05) is 11.6 Å². The lowest BCUT2D eigenvalue weighted by molar-refractivity contribution is 0.0732. The van der Waals surface area contributed by atoms with Gasteiger partial charge in [0.15, 0.2) is 0 Å². The van der Waals surface area contributed by atoms with E-state index in [0.29, 0.717) is 18.0 Å². The fourth-order valence-electron chi connectivity index (χ4n) is 2.77. The van der Waals surface area contributed by atoms with E-state index in [1.54, 1.807) is 6.20 Å². The summed E-state index contributed by atoms with van der Waals surface area (Å²) in [6.07, 6.45) is 4.67. The Morgan fingerprint density at radius 1 is 1.50 bits per heavy atom. The van der Waals surface area contributed by atoms with Crippen LogP contribution in [-0.4, -0.2) is 42.1 Å². The standard InChI is InChI=1S/C16H19ClN2O2S/c1-2-19(9-11-5-6-21-10-11)16(20)13-8-18-7-12(13)14-3-4-15(17)22-14/h3-4,7-8,11,18H,2,5-6,9-10H2,1H3/t11-/m1/s1. The third kappa shape index (κ3) is 3.21. The highest BCUT2D eigenvalue weighted by atomic mass is 35.5. The van der Waals surface area contributed by atoms with Gasteiger partial charge in [-0.3, -0.25) is 4.79 Å². The Balaban J connectivity index is 1.80. The molecule has 1 amide bonds. The summed E-state index contributed by atoms with van der Waals surface area (Å²) in [5.41, 5.74) is 1.63. The molecule has 22 heavy (non-hydrogen) atoms. The molecule has 0 radical (unpaired) electrons. The second kappa shape index (κ2) is 6.86. The number of halogens is 1. The Morgan fingerprint density at radius 2 is 2.36 bits per heavy atom. The summed E-state index contributed by atoms with van der Waals surface area (Å²) in [7, 11) is 0. The summed E-state index contributed by atoms with van der Waals surface area (Å²) in [6.45, 7) is 5.03. The minimum atomic E-state index is 0.0650. The maximum Gasteiger partial charge on any atom is 0.256 e. The topological polar surface area (TPSA) is 45.3 Å². The van der Waals surface area contributed by atoms with Crippen LogP contribution in [0.25, 0.3) is 10.4 Å². The second-order valence-electron chi connectivity index (χ2n) is 5.46. The molecule has 1 fully saturated rings. The van der Waals surface area contributed by atoms with Gasteiger partial charge in [0.05, 0.1) is 16.5 Å². The molecule has 0 bridgehead atoms. The highest BCUT2D eigenvalue weighted by molar-refractivity contribution is 7.19. The molecule has 0 aromatic carbocycles. The van der Waals surface area contributed by atoms with Crippen LogP contribution in [0, 0.1) is 5.92 Å². The Morgan fingerprint density at radius 3 is 3.00 bits per heavy atom. The number of amides is 1. The number of rotatable bonds is 5. The van der Waals surface area contributed by atoms with Gasteiger partial charge in [-0.05, 0) is 25.5 Å². The van der Waals surface area contributed by atoms with Gasteiger partial charge in [0.2, 0.25) is 0 Å². The van der Waals surface area contributed by atoms with Crippen LogP contribution in [-0.2, 0) is 4.74 Å². The van der Waals surface area contributed by atoms with E-state index >= 15 is 0 Å². The zero-order chi connectivity index (χ0) is 15.5. The average Bonchev–Trinajstić information content (AvgIpc) is 3.24. The van der Waals surface area contributed by atoms with Gasteiger partial charge < -0.3 is 14.6 Å². The molecule has 3 rings (SSSR count). The zero-order valence-electron chi connectivity index (χ0n) is 12.5. The summed E-state index contributed by atoms with van der Waals surface area (Å²) in [6, 6.07) is 3.81. The first kappa shape index (κ1) is 15.6. The highest BCUT2D eigenvalue weighted by Crippen LogP contribution is 2.33. The van der Waals surface area contributed by atoms with E-state index in [1.165, 1.54) is 11.3 Å². The Hall–Kier alpha value is -1.30. The number of carbonyl (C=O) groups excluding carboxylic acids is 1. The first-order chi connectivity index (χ1) is 10.7. The monoisotopic (exact) mass is 338 g/mol. The van der Waals surface area contributed by atoms with Gasteiger partial charge in [0, 0.05) is 48.4 Å². The largest absolute Gasteiger partial charge is 0.381 e. The quantitative estimate of drug-likeness (QED) is 0.898. The van der Waals surface area contributed by atoms with Gasteiger partial charge >= 0.3 is 0 Å². The van der Waals surface area contributed by atoms with Crippen molar-refractivity contribution in [3.63, 3.8) is 0 Å². The van der Waals surface area contributed by atoms with Crippen LogP contribution in [0.5, 0.6) is 0 Å². The van der Waals surface area contributed by atoms with E-state index in [-0.39, 0.29) is 5.91 Å². The molecule has 0 spiro atoms. The van der Waals surface area contributed by atoms with Crippen LogP contribution in [0.2, 0.25) is 4.34 Å². The van der Waals surface area contributed by atoms with Crippen LogP contribution in [0.15, 0.2) is 24.5 Å². The fraction of sp³-hybridized carbons (Fsp3) is 0.438. The molecule has 0 saturated carbocycles. The molecule has 4 nitrogen and oxygen atoms in total. The molecule has 1 aliphatic rings. The molecule has 0 aliphatic carbocycles. The predicted molar refractivity (Wildman–Crippen MR) is 89.6 cm³/mol. The van der Waals surface area contributed by atoms with Crippen molar-refractivity contribution in [2.45, 2.75) is 13.3 Å². The molecule has 1 saturated heterocycles. The maximum absolute atomic E-state index is 12.9. The van der Waals surface area contributed by atoms with E-state index in [1.807, 2.05) is 30.2 Å². The van der Waals surface area contributed by atoms with Crippen LogP contribution >= 0.6 is 22.9 Å². The second-order valence-corrected chi connectivity index (χ2v) is 7.17. The van der Waals surface area contributed by atoms with Gasteiger partial charge in [0.1, 0.15) is 0 Å². The van der Waals surface area contributed by atoms with E-state index in [2.05, 4.69) is 4.98 Å². The minimum absolute atomic E-state index is 0.0650. The first-order valence-corrected chi connectivity index (χ1v) is 8.68. The molecule has 0 unspecified atom stereocenters. The number of thiophene rings is 1. The summed E-state index contributed by atoms with van der Waals surface area (Å²) < 4.78 is 6.14. The Labute approximate surface area is 139 Å². The lowest BCUT2D eigenvalue weighted by atomic mass is 10.1. The summed E-state index contributed by atoms with van der Waals surface area (Å²) in [4.78, 5) is 18.8. The van der Waals surface area contributed by atoms with Gasteiger partial charge in [0.25, 0.3) is 5.91 Å². The Bertz CT molecular complexity index is 646. The third-order valence-corrected chi connectivity index (χ3v) is 5.25. The molecule has 2 aromatic rings. The lowest BCUT2D eigenvalue weighted by Gasteiger charge is -2.23. The first-order valence-electron chi connectivity index (χ1n) is 7.48. The molecular weight excluding hydrogens is 320 g/mol.